The van der Waals surface area contributed by atoms with Crippen LogP contribution in [0, 0.1) is 0 Å². The molecule has 4 aromatic rings. The second kappa shape index (κ2) is 11.4. The number of para-hydroxylation sites is 1. The minimum absolute atomic E-state index is 0.185. The summed E-state index contributed by atoms with van der Waals surface area (Å²) in [5.74, 6) is 1.25. The number of ether oxygens (including phenoxy) is 2. The number of fused-ring (bicyclic) bond motifs is 1. The fourth-order valence-electron chi connectivity index (χ4n) is 4.24. The van der Waals surface area contributed by atoms with E-state index in [-0.39, 0.29) is 11.5 Å². The Balaban J connectivity index is 1.90. The van der Waals surface area contributed by atoms with Crippen LogP contribution in [0.2, 0.25) is 0 Å². The lowest BCUT2D eigenvalue weighted by Gasteiger charge is -2.29. The number of methoxy groups -OCH3 is 2. The van der Waals surface area contributed by atoms with Gasteiger partial charge in [-0.2, -0.15) is 0 Å². The number of carbonyl (C=O) groups is 1. The van der Waals surface area contributed by atoms with Crippen molar-refractivity contribution in [3.05, 3.63) is 99.0 Å². The molecule has 0 aliphatic rings. The molecule has 0 aliphatic heterocycles. The van der Waals surface area contributed by atoms with E-state index in [2.05, 4.69) is 15.9 Å². The van der Waals surface area contributed by atoms with Gasteiger partial charge in [-0.15, -0.1) is 0 Å². The highest BCUT2D eigenvalue weighted by Crippen LogP contribution is 2.36. The van der Waals surface area contributed by atoms with Crippen LogP contribution in [0.5, 0.6) is 11.5 Å². The first-order chi connectivity index (χ1) is 17.9. The molecule has 190 valence electrons. The predicted molar refractivity (Wildman–Crippen MR) is 149 cm³/mol. The Morgan fingerprint density at radius 2 is 1.78 bits per heavy atom. The number of likely N-dealkylation sites (N-methyl/N-ethyl adjacent to an activating group) is 1. The maximum atomic E-state index is 13.9. The molecule has 0 saturated heterocycles. The van der Waals surface area contributed by atoms with E-state index >= 15 is 0 Å². The van der Waals surface area contributed by atoms with Gasteiger partial charge in [0.2, 0.25) is 5.91 Å². The maximum Gasteiger partial charge on any atom is 0.266 e. The van der Waals surface area contributed by atoms with Crippen molar-refractivity contribution < 1.29 is 14.3 Å². The van der Waals surface area contributed by atoms with Crippen molar-refractivity contribution in [2.45, 2.75) is 19.9 Å². The summed E-state index contributed by atoms with van der Waals surface area (Å²) in [7, 11) is 3.10. The lowest BCUT2D eigenvalue weighted by Crippen LogP contribution is -2.36. The molecule has 4 rings (SSSR count). The van der Waals surface area contributed by atoms with Crippen LogP contribution >= 0.6 is 15.9 Å². The van der Waals surface area contributed by atoms with E-state index in [9.17, 15) is 9.59 Å². The van der Waals surface area contributed by atoms with E-state index < -0.39 is 6.04 Å². The first-order valence-electron chi connectivity index (χ1n) is 11.9. The van der Waals surface area contributed by atoms with Gasteiger partial charge in [0.05, 0.1) is 41.3 Å². The molecule has 3 aromatic carbocycles. The average Bonchev–Trinajstić information content (AvgIpc) is 2.93. The zero-order valence-corrected chi connectivity index (χ0v) is 22.7. The van der Waals surface area contributed by atoms with Gasteiger partial charge in [-0.25, -0.2) is 4.98 Å². The quantitative estimate of drug-likeness (QED) is 0.254. The van der Waals surface area contributed by atoms with E-state index in [0.717, 1.165) is 5.56 Å². The number of rotatable bonds is 8. The summed E-state index contributed by atoms with van der Waals surface area (Å²) in [6.45, 7) is 4.19. The van der Waals surface area contributed by atoms with Crippen molar-refractivity contribution in [3.8, 4) is 17.2 Å². The lowest BCUT2D eigenvalue weighted by molar-refractivity contribution is -0.128. The molecule has 0 saturated carbocycles. The standard InChI is InChI=1S/C29H28BrN3O4/c1-5-32(26(34)16-15-20-11-7-6-8-12-20)19(2)28-31-23-14-10-9-13-22(23)29(35)33(28)24-17-21(36-3)18-25(37-4)27(24)30/h6-19H,5H2,1-4H3/b16-15+. The molecular formula is C29H28BrN3O4. The van der Waals surface area contributed by atoms with Crippen LogP contribution in [-0.4, -0.2) is 41.1 Å². The third-order valence-electron chi connectivity index (χ3n) is 6.17. The minimum Gasteiger partial charge on any atom is -0.497 e. The monoisotopic (exact) mass is 561 g/mol. The molecule has 1 unspecified atom stereocenters. The highest BCUT2D eigenvalue weighted by molar-refractivity contribution is 9.10. The van der Waals surface area contributed by atoms with Gasteiger partial charge in [-0.3, -0.25) is 14.2 Å². The van der Waals surface area contributed by atoms with Crippen LogP contribution in [0.25, 0.3) is 22.7 Å². The maximum absolute atomic E-state index is 13.9. The summed E-state index contributed by atoms with van der Waals surface area (Å²) in [6, 6.07) is 19.7. The number of hydrogen-bond acceptors (Lipinski definition) is 5. The Kier molecular flexibility index (Phi) is 8.08. The molecule has 0 fully saturated rings. The molecule has 0 aliphatic carbocycles. The number of halogens is 1. The predicted octanol–water partition coefficient (Wildman–Crippen LogP) is 5.79. The number of carbonyl (C=O) groups excluding carboxylic acids is 1. The number of amides is 1. The molecule has 0 bridgehead atoms. The van der Waals surface area contributed by atoms with E-state index in [1.54, 1.807) is 61.6 Å². The molecule has 1 amide bonds. The minimum atomic E-state index is -0.528. The van der Waals surface area contributed by atoms with Crippen molar-refractivity contribution in [3.63, 3.8) is 0 Å². The Bertz CT molecular complexity index is 1520. The number of aromatic nitrogens is 2. The summed E-state index contributed by atoms with van der Waals surface area (Å²) in [6.07, 6.45) is 3.32. The zero-order valence-electron chi connectivity index (χ0n) is 21.1. The van der Waals surface area contributed by atoms with Crippen LogP contribution in [0.4, 0.5) is 0 Å². The smallest absolute Gasteiger partial charge is 0.266 e. The summed E-state index contributed by atoms with van der Waals surface area (Å²) in [4.78, 5) is 33.8. The van der Waals surface area contributed by atoms with Crippen molar-refractivity contribution in [2.24, 2.45) is 0 Å². The van der Waals surface area contributed by atoms with Crippen LogP contribution in [0.3, 0.4) is 0 Å². The van der Waals surface area contributed by atoms with Crippen LogP contribution < -0.4 is 15.0 Å². The first kappa shape index (κ1) is 26.2. The molecule has 1 atom stereocenters. The van der Waals surface area contributed by atoms with Crippen molar-refractivity contribution in [1.82, 2.24) is 14.5 Å². The van der Waals surface area contributed by atoms with Crippen molar-refractivity contribution in [2.75, 3.05) is 20.8 Å². The van der Waals surface area contributed by atoms with E-state index in [4.69, 9.17) is 14.5 Å². The first-order valence-corrected chi connectivity index (χ1v) is 12.7. The third kappa shape index (κ3) is 5.29. The molecule has 0 radical (unpaired) electrons. The van der Waals surface area contributed by atoms with Gasteiger partial charge in [0.15, 0.2) is 0 Å². The van der Waals surface area contributed by atoms with Gasteiger partial charge < -0.3 is 14.4 Å². The third-order valence-corrected chi connectivity index (χ3v) is 6.97. The molecule has 0 N–H and O–H groups in total. The lowest BCUT2D eigenvalue weighted by atomic mass is 10.1. The SMILES string of the molecule is CCN(C(=O)/C=C/c1ccccc1)C(C)c1nc2ccccc2c(=O)n1-c1cc(OC)cc(OC)c1Br. The van der Waals surface area contributed by atoms with Gasteiger partial charge in [-0.1, -0.05) is 42.5 Å². The fourth-order valence-corrected chi connectivity index (χ4v) is 4.81. The topological polar surface area (TPSA) is 73.7 Å². The number of hydrogen-bond donors (Lipinski definition) is 0. The van der Waals surface area contributed by atoms with Crippen molar-refractivity contribution in [1.29, 1.82) is 0 Å². The van der Waals surface area contributed by atoms with Gasteiger partial charge in [0.1, 0.15) is 17.3 Å². The average molecular weight is 562 g/mol. The summed E-state index contributed by atoms with van der Waals surface area (Å²) in [5.41, 5.74) is 1.73. The van der Waals surface area contributed by atoms with Gasteiger partial charge in [-0.05, 0) is 53.5 Å². The molecule has 37 heavy (non-hydrogen) atoms. The molecule has 7 nitrogen and oxygen atoms in total. The molecule has 0 spiro atoms. The van der Waals surface area contributed by atoms with Crippen LogP contribution in [0.15, 0.2) is 82.1 Å². The second-order valence-electron chi connectivity index (χ2n) is 8.33. The fraction of sp³-hybridized carbons (Fsp3) is 0.207. The normalized spacial score (nSPS) is 12.0. The Morgan fingerprint density at radius 3 is 2.46 bits per heavy atom. The summed E-state index contributed by atoms with van der Waals surface area (Å²) < 4.78 is 13.1. The highest BCUT2D eigenvalue weighted by Gasteiger charge is 2.26. The number of nitrogens with zero attached hydrogens (tertiary/aromatic N) is 3. The Hall–Kier alpha value is -3.91. The Morgan fingerprint density at radius 1 is 1.08 bits per heavy atom. The van der Waals surface area contributed by atoms with Gasteiger partial charge >= 0.3 is 0 Å². The van der Waals surface area contributed by atoms with Crippen LogP contribution in [-0.2, 0) is 4.79 Å². The summed E-state index contributed by atoms with van der Waals surface area (Å²) in [5, 5.41) is 0.463. The second-order valence-corrected chi connectivity index (χ2v) is 9.13. The largest absolute Gasteiger partial charge is 0.497 e. The molecule has 1 heterocycles. The zero-order chi connectivity index (χ0) is 26.5. The number of benzene rings is 3. The molecule has 8 heteroatoms. The van der Waals surface area contributed by atoms with Gasteiger partial charge in [0.25, 0.3) is 5.56 Å². The van der Waals surface area contributed by atoms with Crippen molar-refractivity contribution >= 4 is 38.8 Å². The Labute approximate surface area is 224 Å². The van der Waals surface area contributed by atoms with Crippen LogP contribution in [0.1, 0.15) is 31.3 Å². The van der Waals surface area contributed by atoms with E-state index in [1.807, 2.05) is 50.2 Å². The molecular weight excluding hydrogens is 534 g/mol. The highest BCUT2D eigenvalue weighted by atomic mass is 79.9. The van der Waals surface area contributed by atoms with Gasteiger partial charge in [0, 0.05) is 24.8 Å². The van der Waals surface area contributed by atoms with E-state index in [1.165, 1.54) is 4.57 Å². The molecule has 1 aromatic heterocycles. The summed E-state index contributed by atoms with van der Waals surface area (Å²) >= 11 is 3.60. The van der Waals surface area contributed by atoms with E-state index in [0.29, 0.717) is 44.9 Å².